The van der Waals surface area contributed by atoms with E-state index in [-0.39, 0.29) is 5.92 Å². The van der Waals surface area contributed by atoms with Crippen molar-refractivity contribution in [3.8, 4) is 0 Å². The van der Waals surface area contributed by atoms with Crippen LogP contribution in [0.2, 0.25) is 0 Å². The van der Waals surface area contributed by atoms with Crippen LogP contribution in [0.5, 0.6) is 0 Å². The van der Waals surface area contributed by atoms with Gasteiger partial charge in [-0.2, -0.15) is 0 Å². The van der Waals surface area contributed by atoms with E-state index in [0.29, 0.717) is 12.2 Å². The lowest BCUT2D eigenvalue weighted by molar-refractivity contribution is -0.122. The molecule has 1 aromatic rings. The second-order valence-electron chi connectivity index (χ2n) is 4.65. The summed E-state index contributed by atoms with van der Waals surface area (Å²) in [5.41, 5.74) is 3.65. The van der Waals surface area contributed by atoms with Crippen molar-refractivity contribution in [3.05, 3.63) is 34.9 Å². The summed E-state index contributed by atoms with van der Waals surface area (Å²) in [7, 11) is 0. The molecule has 1 rings (SSSR count). The minimum Gasteiger partial charge on any atom is -0.299 e. The molecule has 0 aliphatic heterocycles. The average molecular weight is 218 g/mol. The molecule has 0 radical (unpaired) electrons. The first kappa shape index (κ1) is 13.0. The predicted molar refractivity (Wildman–Crippen MR) is 68.7 cm³/mol. The van der Waals surface area contributed by atoms with Crippen LogP contribution in [0.4, 0.5) is 0 Å². The highest BCUT2D eigenvalue weighted by Crippen LogP contribution is 2.15. The van der Waals surface area contributed by atoms with Crippen LogP contribution in [0.25, 0.3) is 0 Å². The van der Waals surface area contributed by atoms with Crippen molar-refractivity contribution in [2.24, 2.45) is 5.92 Å². The first-order valence-electron chi connectivity index (χ1n) is 6.16. The summed E-state index contributed by atoms with van der Waals surface area (Å²) in [6.07, 6.45) is 2.51. The SMILES string of the molecule is CCC(CC)C(=O)Cc1cc(C)cc(C)c1. The summed E-state index contributed by atoms with van der Waals surface area (Å²) >= 11 is 0. The van der Waals surface area contributed by atoms with Crippen molar-refractivity contribution in [2.45, 2.75) is 47.0 Å². The van der Waals surface area contributed by atoms with Crippen LogP contribution in [0.3, 0.4) is 0 Å². The fourth-order valence-electron chi connectivity index (χ4n) is 2.26. The Morgan fingerprint density at radius 1 is 1.06 bits per heavy atom. The van der Waals surface area contributed by atoms with Gasteiger partial charge in [-0.3, -0.25) is 4.79 Å². The molecule has 1 aromatic carbocycles. The van der Waals surface area contributed by atoms with Crippen LogP contribution in [-0.2, 0) is 11.2 Å². The Labute approximate surface area is 98.9 Å². The molecule has 0 saturated heterocycles. The summed E-state index contributed by atoms with van der Waals surface area (Å²) in [5.74, 6) is 0.621. The standard InChI is InChI=1S/C15H22O/c1-5-14(6-2)15(16)10-13-8-11(3)7-12(4)9-13/h7-9,14H,5-6,10H2,1-4H3. The second kappa shape index (κ2) is 5.83. The summed E-state index contributed by atoms with van der Waals surface area (Å²) in [6.45, 7) is 8.34. The maximum absolute atomic E-state index is 12.0. The number of carbonyl (C=O) groups excluding carboxylic acids is 1. The summed E-state index contributed by atoms with van der Waals surface area (Å²) < 4.78 is 0. The Morgan fingerprint density at radius 3 is 2.00 bits per heavy atom. The molecular formula is C15H22O. The molecule has 0 amide bonds. The normalized spacial score (nSPS) is 10.8. The van der Waals surface area contributed by atoms with Crippen molar-refractivity contribution in [3.63, 3.8) is 0 Å². The van der Waals surface area contributed by atoms with E-state index in [1.165, 1.54) is 11.1 Å². The first-order chi connectivity index (χ1) is 7.56. The highest BCUT2D eigenvalue weighted by molar-refractivity contribution is 5.83. The minimum absolute atomic E-state index is 0.237. The second-order valence-corrected chi connectivity index (χ2v) is 4.65. The van der Waals surface area contributed by atoms with Gasteiger partial charge in [-0.05, 0) is 32.3 Å². The maximum atomic E-state index is 12.0. The number of hydrogen-bond donors (Lipinski definition) is 0. The fraction of sp³-hybridized carbons (Fsp3) is 0.533. The lowest BCUT2D eigenvalue weighted by Gasteiger charge is -2.11. The minimum atomic E-state index is 0.237. The molecule has 88 valence electrons. The van der Waals surface area contributed by atoms with Crippen molar-refractivity contribution < 1.29 is 4.79 Å². The molecule has 0 atom stereocenters. The van der Waals surface area contributed by atoms with Crippen molar-refractivity contribution in [2.75, 3.05) is 0 Å². The van der Waals surface area contributed by atoms with E-state index in [9.17, 15) is 4.79 Å². The van der Waals surface area contributed by atoms with E-state index in [2.05, 4.69) is 45.9 Å². The molecule has 0 aliphatic carbocycles. The van der Waals surface area contributed by atoms with Gasteiger partial charge in [0, 0.05) is 12.3 Å². The van der Waals surface area contributed by atoms with Gasteiger partial charge in [0.2, 0.25) is 0 Å². The Morgan fingerprint density at radius 2 is 1.56 bits per heavy atom. The molecule has 1 nitrogen and oxygen atoms in total. The van der Waals surface area contributed by atoms with Gasteiger partial charge < -0.3 is 0 Å². The Hall–Kier alpha value is -1.11. The number of hydrogen-bond acceptors (Lipinski definition) is 1. The molecule has 0 aliphatic rings. The Balaban J connectivity index is 2.76. The number of ketones is 1. The smallest absolute Gasteiger partial charge is 0.140 e. The average Bonchev–Trinajstić information content (AvgIpc) is 2.17. The Kier molecular flexibility index (Phi) is 4.72. The van der Waals surface area contributed by atoms with Gasteiger partial charge in [0.25, 0.3) is 0 Å². The van der Waals surface area contributed by atoms with E-state index >= 15 is 0 Å². The van der Waals surface area contributed by atoms with Crippen molar-refractivity contribution in [1.82, 2.24) is 0 Å². The zero-order valence-electron chi connectivity index (χ0n) is 10.8. The quantitative estimate of drug-likeness (QED) is 0.733. The molecule has 1 heteroatoms. The van der Waals surface area contributed by atoms with Gasteiger partial charge in [0.15, 0.2) is 0 Å². The fourth-order valence-corrected chi connectivity index (χ4v) is 2.26. The van der Waals surface area contributed by atoms with Crippen LogP contribution < -0.4 is 0 Å². The number of benzene rings is 1. The van der Waals surface area contributed by atoms with E-state index in [4.69, 9.17) is 0 Å². The zero-order valence-corrected chi connectivity index (χ0v) is 10.8. The maximum Gasteiger partial charge on any atom is 0.140 e. The molecular weight excluding hydrogens is 196 g/mol. The van der Waals surface area contributed by atoms with Gasteiger partial charge in [-0.25, -0.2) is 0 Å². The first-order valence-corrected chi connectivity index (χ1v) is 6.16. The van der Waals surface area contributed by atoms with Gasteiger partial charge in [-0.1, -0.05) is 43.2 Å². The largest absolute Gasteiger partial charge is 0.299 e. The van der Waals surface area contributed by atoms with Crippen LogP contribution in [0.15, 0.2) is 18.2 Å². The monoisotopic (exact) mass is 218 g/mol. The van der Waals surface area contributed by atoms with Gasteiger partial charge in [0.1, 0.15) is 5.78 Å². The van der Waals surface area contributed by atoms with E-state index in [1.54, 1.807) is 0 Å². The number of carbonyl (C=O) groups is 1. The third-order valence-electron chi connectivity index (χ3n) is 3.10. The number of aryl methyl sites for hydroxylation is 2. The van der Waals surface area contributed by atoms with E-state index < -0.39 is 0 Å². The molecule has 0 spiro atoms. The van der Waals surface area contributed by atoms with Gasteiger partial charge >= 0.3 is 0 Å². The lowest BCUT2D eigenvalue weighted by Crippen LogP contribution is -2.15. The molecule has 0 fully saturated rings. The number of rotatable bonds is 5. The predicted octanol–water partition coefficient (Wildman–Crippen LogP) is 3.85. The molecule has 0 bridgehead atoms. The summed E-state index contributed by atoms with van der Waals surface area (Å²) in [5, 5.41) is 0. The highest BCUT2D eigenvalue weighted by Gasteiger charge is 2.14. The van der Waals surface area contributed by atoms with Crippen molar-refractivity contribution >= 4 is 5.78 Å². The molecule has 16 heavy (non-hydrogen) atoms. The third-order valence-corrected chi connectivity index (χ3v) is 3.10. The van der Waals surface area contributed by atoms with Gasteiger partial charge in [0.05, 0.1) is 0 Å². The molecule has 0 aromatic heterocycles. The highest BCUT2D eigenvalue weighted by atomic mass is 16.1. The zero-order chi connectivity index (χ0) is 12.1. The van der Waals surface area contributed by atoms with Crippen LogP contribution in [-0.4, -0.2) is 5.78 Å². The van der Waals surface area contributed by atoms with Gasteiger partial charge in [-0.15, -0.1) is 0 Å². The third kappa shape index (κ3) is 3.48. The molecule has 0 heterocycles. The topological polar surface area (TPSA) is 17.1 Å². The van der Waals surface area contributed by atoms with Crippen LogP contribution in [0, 0.1) is 19.8 Å². The molecule has 0 saturated carbocycles. The van der Waals surface area contributed by atoms with E-state index in [0.717, 1.165) is 18.4 Å². The van der Waals surface area contributed by atoms with Crippen LogP contribution in [0.1, 0.15) is 43.4 Å². The Bertz CT molecular complexity index is 341. The summed E-state index contributed by atoms with van der Waals surface area (Å²) in [6, 6.07) is 6.38. The van der Waals surface area contributed by atoms with Crippen molar-refractivity contribution in [1.29, 1.82) is 0 Å². The molecule has 0 N–H and O–H groups in total. The number of Topliss-reactive ketones (excluding diaryl/α,β-unsaturated/α-hetero) is 1. The molecule has 0 unspecified atom stereocenters. The summed E-state index contributed by atoms with van der Waals surface area (Å²) in [4.78, 5) is 12.0. The van der Waals surface area contributed by atoms with Crippen LogP contribution >= 0.6 is 0 Å². The van der Waals surface area contributed by atoms with E-state index in [1.807, 2.05) is 0 Å². The lowest BCUT2D eigenvalue weighted by atomic mass is 9.92.